The summed E-state index contributed by atoms with van der Waals surface area (Å²) in [6.07, 6.45) is 2.21. The number of hydrogen-bond acceptors (Lipinski definition) is 4. The van der Waals surface area contributed by atoms with Gasteiger partial charge in [0.1, 0.15) is 12.1 Å². The maximum absolute atomic E-state index is 12.5. The average molecular weight is 300 g/mol. The van der Waals surface area contributed by atoms with Crippen LogP contribution in [0.1, 0.15) is 26.2 Å². The highest BCUT2D eigenvalue weighted by atomic mass is 32.2. The number of carbonyl (C=O) groups excluding carboxylic acids is 2. The first-order valence-electron chi connectivity index (χ1n) is 7.20. The van der Waals surface area contributed by atoms with Crippen molar-refractivity contribution in [2.45, 2.75) is 38.3 Å². The molecule has 0 aromatic carbocycles. The predicted molar refractivity (Wildman–Crippen MR) is 72.7 cm³/mol. The normalized spacial score (nSPS) is 36.5. The van der Waals surface area contributed by atoms with E-state index in [-0.39, 0.29) is 35.3 Å². The maximum Gasteiger partial charge on any atom is 0.246 e. The van der Waals surface area contributed by atoms with Crippen molar-refractivity contribution < 1.29 is 18.0 Å². The molecule has 0 saturated carbocycles. The lowest BCUT2D eigenvalue weighted by molar-refractivity contribution is -0.159. The molecule has 3 unspecified atom stereocenters. The van der Waals surface area contributed by atoms with Gasteiger partial charge in [0.25, 0.3) is 0 Å². The van der Waals surface area contributed by atoms with Crippen molar-refractivity contribution in [2.24, 2.45) is 5.92 Å². The molecule has 3 fully saturated rings. The Bertz CT molecular complexity index is 545. The van der Waals surface area contributed by atoms with Crippen LogP contribution < -0.4 is 0 Å². The van der Waals surface area contributed by atoms with Gasteiger partial charge in [-0.1, -0.05) is 0 Å². The molecule has 3 saturated heterocycles. The second kappa shape index (κ2) is 4.72. The molecule has 2 amide bonds. The van der Waals surface area contributed by atoms with Crippen LogP contribution in [0.2, 0.25) is 0 Å². The van der Waals surface area contributed by atoms with Gasteiger partial charge in [-0.25, -0.2) is 8.42 Å². The van der Waals surface area contributed by atoms with Gasteiger partial charge < -0.3 is 9.80 Å². The van der Waals surface area contributed by atoms with Gasteiger partial charge >= 0.3 is 0 Å². The van der Waals surface area contributed by atoms with Crippen molar-refractivity contribution in [3.8, 4) is 0 Å². The summed E-state index contributed by atoms with van der Waals surface area (Å²) < 4.78 is 23.0. The van der Waals surface area contributed by atoms with Crippen LogP contribution >= 0.6 is 0 Å². The topological polar surface area (TPSA) is 74.8 Å². The Labute approximate surface area is 119 Å². The van der Waals surface area contributed by atoms with Gasteiger partial charge in [-0.15, -0.1) is 0 Å². The van der Waals surface area contributed by atoms with Gasteiger partial charge in [0.15, 0.2) is 9.84 Å². The molecule has 0 aliphatic carbocycles. The van der Waals surface area contributed by atoms with Crippen molar-refractivity contribution >= 4 is 21.7 Å². The molecule has 3 aliphatic rings. The van der Waals surface area contributed by atoms with Gasteiger partial charge in [0, 0.05) is 13.1 Å². The van der Waals surface area contributed by atoms with E-state index in [9.17, 15) is 18.0 Å². The smallest absolute Gasteiger partial charge is 0.246 e. The van der Waals surface area contributed by atoms with Gasteiger partial charge in [-0.3, -0.25) is 9.59 Å². The van der Waals surface area contributed by atoms with E-state index in [0.29, 0.717) is 19.5 Å². The van der Waals surface area contributed by atoms with Crippen LogP contribution in [0.4, 0.5) is 0 Å². The molecule has 3 heterocycles. The zero-order valence-electron chi connectivity index (χ0n) is 11.6. The molecular weight excluding hydrogens is 280 g/mol. The zero-order chi connectivity index (χ0) is 14.5. The number of piperazine rings is 1. The molecule has 0 spiro atoms. The minimum atomic E-state index is -2.95. The minimum absolute atomic E-state index is 0.00102. The van der Waals surface area contributed by atoms with Crippen molar-refractivity contribution in [3.63, 3.8) is 0 Å². The van der Waals surface area contributed by atoms with Crippen LogP contribution in [0.3, 0.4) is 0 Å². The fourth-order valence-electron chi connectivity index (χ4n) is 3.59. The third-order valence-electron chi connectivity index (χ3n) is 4.71. The van der Waals surface area contributed by atoms with Gasteiger partial charge in [0.05, 0.1) is 11.5 Å². The van der Waals surface area contributed by atoms with Gasteiger partial charge in [-0.05, 0) is 32.1 Å². The average Bonchev–Trinajstić information content (AvgIpc) is 2.98. The number of carbonyl (C=O) groups is 2. The molecule has 6 nitrogen and oxygen atoms in total. The van der Waals surface area contributed by atoms with Crippen LogP contribution in [-0.4, -0.2) is 66.7 Å². The van der Waals surface area contributed by atoms with E-state index >= 15 is 0 Å². The number of nitrogens with zero attached hydrogens (tertiary/aromatic N) is 2. The molecule has 0 bridgehead atoms. The first kappa shape index (κ1) is 13.9. The highest BCUT2D eigenvalue weighted by molar-refractivity contribution is 7.91. The molecule has 112 valence electrons. The SMILES string of the molecule is CC1C(=O)N2CCCC2C(=O)N1CC1CCS(=O)(=O)C1. The molecule has 3 atom stereocenters. The number of rotatable bonds is 2. The fourth-order valence-corrected chi connectivity index (χ4v) is 5.43. The lowest BCUT2D eigenvalue weighted by Crippen LogP contribution is -2.62. The van der Waals surface area contributed by atoms with Crippen molar-refractivity contribution in [1.29, 1.82) is 0 Å². The summed E-state index contributed by atoms with van der Waals surface area (Å²) in [6.45, 7) is 2.82. The number of amides is 2. The highest BCUT2D eigenvalue weighted by Crippen LogP contribution is 2.29. The molecule has 7 heteroatoms. The van der Waals surface area contributed by atoms with Crippen LogP contribution in [0.15, 0.2) is 0 Å². The van der Waals surface area contributed by atoms with Crippen molar-refractivity contribution in [3.05, 3.63) is 0 Å². The Morgan fingerprint density at radius 3 is 2.60 bits per heavy atom. The second-order valence-electron chi connectivity index (χ2n) is 6.13. The van der Waals surface area contributed by atoms with E-state index in [2.05, 4.69) is 0 Å². The Morgan fingerprint density at radius 1 is 1.20 bits per heavy atom. The summed E-state index contributed by atoms with van der Waals surface area (Å²) >= 11 is 0. The first-order valence-corrected chi connectivity index (χ1v) is 9.02. The van der Waals surface area contributed by atoms with E-state index < -0.39 is 15.9 Å². The largest absolute Gasteiger partial charge is 0.329 e. The molecule has 3 aliphatic heterocycles. The summed E-state index contributed by atoms with van der Waals surface area (Å²) in [5.41, 5.74) is 0. The van der Waals surface area contributed by atoms with E-state index in [1.165, 1.54) is 0 Å². The molecule has 0 aromatic rings. The Kier molecular flexibility index (Phi) is 3.27. The van der Waals surface area contributed by atoms with Crippen LogP contribution in [0, 0.1) is 5.92 Å². The van der Waals surface area contributed by atoms with E-state index in [1.54, 1.807) is 16.7 Å². The Morgan fingerprint density at radius 2 is 1.95 bits per heavy atom. The summed E-state index contributed by atoms with van der Waals surface area (Å²) in [5, 5.41) is 0. The quantitative estimate of drug-likeness (QED) is 0.698. The van der Waals surface area contributed by atoms with Crippen molar-refractivity contribution in [2.75, 3.05) is 24.6 Å². The first-order chi connectivity index (χ1) is 9.39. The number of hydrogen-bond donors (Lipinski definition) is 0. The highest BCUT2D eigenvalue weighted by Gasteiger charge is 2.46. The molecule has 20 heavy (non-hydrogen) atoms. The van der Waals surface area contributed by atoms with Crippen LogP contribution in [0.5, 0.6) is 0 Å². The third kappa shape index (κ3) is 2.21. The number of fused-ring (bicyclic) bond motifs is 1. The Hall–Kier alpha value is -1.11. The molecule has 0 N–H and O–H groups in total. The van der Waals surface area contributed by atoms with E-state index in [0.717, 1.165) is 12.8 Å². The molecular formula is C13H20N2O4S. The molecule has 0 radical (unpaired) electrons. The third-order valence-corrected chi connectivity index (χ3v) is 6.55. The van der Waals surface area contributed by atoms with Crippen LogP contribution in [-0.2, 0) is 19.4 Å². The predicted octanol–water partition coefficient (Wildman–Crippen LogP) is -0.357. The van der Waals surface area contributed by atoms with Crippen LogP contribution in [0.25, 0.3) is 0 Å². The summed E-state index contributed by atoms with van der Waals surface area (Å²) in [5.74, 6) is 0.336. The summed E-state index contributed by atoms with van der Waals surface area (Å²) in [4.78, 5) is 28.1. The Balaban J connectivity index is 1.75. The second-order valence-corrected chi connectivity index (χ2v) is 8.35. The zero-order valence-corrected chi connectivity index (χ0v) is 12.4. The van der Waals surface area contributed by atoms with Gasteiger partial charge in [-0.2, -0.15) is 0 Å². The maximum atomic E-state index is 12.5. The standard InChI is InChI=1S/C13H20N2O4S/c1-9-12(16)14-5-2-3-11(14)13(17)15(9)7-10-4-6-20(18,19)8-10/h9-11H,2-8H2,1H3. The lowest BCUT2D eigenvalue weighted by atomic mass is 10.0. The fraction of sp³-hybridized carbons (Fsp3) is 0.846. The van der Waals surface area contributed by atoms with Crippen molar-refractivity contribution in [1.82, 2.24) is 9.80 Å². The lowest BCUT2D eigenvalue weighted by Gasteiger charge is -2.41. The van der Waals surface area contributed by atoms with E-state index in [4.69, 9.17) is 0 Å². The molecule has 0 aromatic heterocycles. The minimum Gasteiger partial charge on any atom is -0.329 e. The van der Waals surface area contributed by atoms with E-state index in [1.807, 2.05) is 0 Å². The van der Waals surface area contributed by atoms with Gasteiger partial charge in [0.2, 0.25) is 11.8 Å². The summed E-state index contributed by atoms with van der Waals surface area (Å²) in [6, 6.07) is -0.767. The number of sulfone groups is 1. The summed E-state index contributed by atoms with van der Waals surface area (Å²) in [7, 11) is -2.95. The molecule has 3 rings (SSSR count). The monoisotopic (exact) mass is 300 g/mol.